The van der Waals surface area contributed by atoms with Crippen molar-refractivity contribution in [1.82, 2.24) is 0 Å². The molecule has 0 spiro atoms. The first-order chi connectivity index (χ1) is 15.4. The van der Waals surface area contributed by atoms with E-state index in [1.807, 2.05) is 0 Å². The van der Waals surface area contributed by atoms with Crippen LogP contribution >= 0.6 is 11.8 Å². The number of thioether (sulfide) groups is 1. The highest BCUT2D eigenvalue weighted by Gasteiger charge is 2.14. The molecule has 32 heavy (non-hydrogen) atoms. The van der Waals surface area contributed by atoms with Gasteiger partial charge < -0.3 is 23.4 Å². The molecule has 1 heterocycles. The zero-order valence-electron chi connectivity index (χ0n) is 18.2. The third kappa shape index (κ3) is 7.05. The summed E-state index contributed by atoms with van der Waals surface area (Å²) in [6.45, 7) is 1.58. The average molecular weight is 461 g/mol. The highest BCUT2D eigenvalue weighted by molar-refractivity contribution is 8.14. The van der Waals surface area contributed by atoms with Crippen LogP contribution in [0.15, 0.2) is 46.9 Å². The standard InChI is InChI=1S/C23H24O8S/c1-5-6-22(26)32-14-21(25)30-13-16-8-10-18(31-16)17(24)9-7-15-11-19(27-2)23(29-4)20(12-15)28-3/h5-12H,13-14H2,1-4H3. The second-order valence-corrected chi connectivity index (χ2v) is 7.17. The summed E-state index contributed by atoms with van der Waals surface area (Å²) in [5, 5.41) is -0.228. The number of carbonyl (C=O) groups is 3. The van der Waals surface area contributed by atoms with E-state index < -0.39 is 5.97 Å². The van der Waals surface area contributed by atoms with Crippen molar-refractivity contribution >= 4 is 34.7 Å². The van der Waals surface area contributed by atoms with Crippen LogP contribution in [0, 0.1) is 0 Å². The molecule has 0 aliphatic heterocycles. The zero-order chi connectivity index (χ0) is 23.5. The van der Waals surface area contributed by atoms with Gasteiger partial charge in [-0.25, -0.2) is 0 Å². The summed E-state index contributed by atoms with van der Waals surface area (Å²) < 4.78 is 26.4. The number of hydrogen-bond donors (Lipinski definition) is 0. The van der Waals surface area contributed by atoms with Crippen molar-refractivity contribution in [2.45, 2.75) is 13.5 Å². The molecule has 1 aromatic heterocycles. The Hall–Kier alpha value is -3.46. The van der Waals surface area contributed by atoms with Gasteiger partial charge in [0.15, 0.2) is 17.3 Å². The predicted octanol–water partition coefficient (Wildman–Crippen LogP) is 4.08. The molecule has 0 N–H and O–H groups in total. The molecule has 2 rings (SSSR count). The Morgan fingerprint density at radius 2 is 1.69 bits per heavy atom. The first kappa shape index (κ1) is 24.8. The van der Waals surface area contributed by atoms with Gasteiger partial charge in [0.05, 0.1) is 27.1 Å². The van der Waals surface area contributed by atoms with Crippen molar-refractivity contribution in [3.63, 3.8) is 0 Å². The molecular weight excluding hydrogens is 436 g/mol. The molecule has 9 heteroatoms. The Kier molecular flexibility index (Phi) is 9.62. The van der Waals surface area contributed by atoms with Gasteiger partial charge >= 0.3 is 5.97 Å². The van der Waals surface area contributed by atoms with E-state index >= 15 is 0 Å². The van der Waals surface area contributed by atoms with Gasteiger partial charge in [-0.05, 0) is 48.9 Å². The number of benzene rings is 1. The lowest BCUT2D eigenvalue weighted by atomic mass is 10.1. The molecule has 0 radical (unpaired) electrons. The number of hydrogen-bond acceptors (Lipinski definition) is 9. The SMILES string of the molecule is CC=CC(=O)SCC(=O)OCc1ccc(C(=O)C=Cc2cc(OC)c(OC)c(OC)c2)o1. The molecule has 1 aromatic carbocycles. The molecule has 0 aliphatic rings. The Labute approximate surface area is 190 Å². The zero-order valence-corrected chi connectivity index (χ0v) is 19.0. The van der Waals surface area contributed by atoms with Gasteiger partial charge in [-0.2, -0.15) is 0 Å². The molecule has 8 nitrogen and oxygen atoms in total. The van der Waals surface area contributed by atoms with E-state index in [0.717, 1.165) is 11.8 Å². The number of carbonyl (C=O) groups excluding carboxylic acids is 3. The Balaban J connectivity index is 1.97. The summed E-state index contributed by atoms with van der Waals surface area (Å²) in [5.74, 6) is 0.757. The monoisotopic (exact) mass is 460 g/mol. The van der Waals surface area contributed by atoms with E-state index in [1.165, 1.54) is 39.5 Å². The smallest absolute Gasteiger partial charge is 0.316 e. The Morgan fingerprint density at radius 1 is 1.00 bits per heavy atom. The number of methoxy groups -OCH3 is 3. The van der Waals surface area contributed by atoms with E-state index in [-0.39, 0.29) is 29.0 Å². The van der Waals surface area contributed by atoms with Crippen LogP contribution in [0.5, 0.6) is 17.2 Å². The van der Waals surface area contributed by atoms with E-state index in [9.17, 15) is 14.4 Å². The minimum atomic E-state index is -0.556. The molecule has 0 unspecified atom stereocenters. The number of rotatable bonds is 11. The maximum atomic E-state index is 12.4. The lowest BCUT2D eigenvalue weighted by Gasteiger charge is -2.12. The summed E-state index contributed by atoms with van der Waals surface area (Å²) in [6.07, 6.45) is 5.90. The van der Waals surface area contributed by atoms with E-state index in [1.54, 1.807) is 37.3 Å². The van der Waals surface area contributed by atoms with Crippen LogP contribution < -0.4 is 14.2 Å². The summed E-state index contributed by atoms with van der Waals surface area (Å²) in [7, 11) is 4.52. The molecule has 0 atom stereocenters. The van der Waals surface area contributed by atoms with E-state index in [0.29, 0.717) is 28.6 Å². The highest BCUT2D eigenvalue weighted by Crippen LogP contribution is 2.38. The second-order valence-electron chi connectivity index (χ2n) is 6.19. The fraction of sp³-hybridized carbons (Fsp3) is 0.261. The average Bonchev–Trinajstić information content (AvgIpc) is 3.28. The summed E-state index contributed by atoms with van der Waals surface area (Å²) in [4.78, 5) is 35.5. The largest absolute Gasteiger partial charge is 0.493 e. The summed E-state index contributed by atoms with van der Waals surface area (Å²) in [6, 6.07) is 6.45. The first-order valence-electron chi connectivity index (χ1n) is 9.48. The van der Waals surface area contributed by atoms with Crippen molar-refractivity contribution < 1.29 is 37.7 Å². The molecule has 2 aromatic rings. The molecule has 0 aliphatic carbocycles. The van der Waals surface area contributed by atoms with Crippen LogP contribution in [0.1, 0.15) is 28.8 Å². The van der Waals surface area contributed by atoms with Gasteiger partial charge in [0.2, 0.25) is 16.6 Å². The third-order valence-corrected chi connectivity index (χ3v) is 4.83. The molecule has 0 fully saturated rings. The summed E-state index contributed by atoms with van der Waals surface area (Å²) >= 11 is 0.846. The van der Waals surface area contributed by atoms with Crippen molar-refractivity contribution in [2.24, 2.45) is 0 Å². The van der Waals surface area contributed by atoms with Crippen LogP contribution in [0.4, 0.5) is 0 Å². The van der Waals surface area contributed by atoms with E-state index in [4.69, 9.17) is 23.4 Å². The first-order valence-corrected chi connectivity index (χ1v) is 10.5. The van der Waals surface area contributed by atoms with Crippen molar-refractivity contribution in [1.29, 1.82) is 0 Å². The molecule has 0 amide bonds. The van der Waals surface area contributed by atoms with E-state index in [2.05, 4.69) is 0 Å². The van der Waals surface area contributed by atoms with Gasteiger partial charge in [-0.15, -0.1) is 0 Å². The molecule has 170 valence electrons. The van der Waals surface area contributed by atoms with Crippen LogP contribution in [0.2, 0.25) is 0 Å². The molecule has 0 saturated carbocycles. The lowest BCUT2D eigenvalue weighted by molar-refractivity contribution is -0.142. The maximum Gasteiger partial charge on any atom is 0.316 e. The summed E-state index contributed by atoms with van der Waals surface area (Å²) in [5.41, 5.74) is 0.665. The molecular formula is C23H24O8S. The van der Waals surface area contributed by atoms with Gasteiger partial charge in [-0.1, -0.05) is 23.9 Å². The second kappa shape index (κ2) is 12.4. The van der Waals surface area contributed by atoms with Crippen molar-refractivity contribution in [3.05, 3.63) is 59.6 Å². The van der Waals surface area contributed by atoms with Crippen molar-refractivity contribution in [3.8, 4) is 17.2 Å². The van der Waals surface area contributed by atoms with Crippen LogP contribution in [0.25, 0.3) is 6.08 Å². The predicted molar refractivity (Wildman–Crippen MR) is 120 cm³/mol. The van der Waals surface area contributed by atoms with Gasteiger partial charge in [-0.3, -0.25) is 14.4 Å². The number of furan rings is 1. The Bertz CT molecular complexity index is 994. The number of ketones is 1. The maximum absolute atomic E-state index is 12.4. The van der Waals surface area contributed by atoms with Gasteiger partial charge in [0, 0.05) is 0 Å². The minimum absolute atomic E-state index is 0.0948. The normalized spacial score (nSPS) is 11.0. The van der Waals surface area contributed by atoms with Crippen LogP contribution in [-0.2, 0) is 20.9 Å². The minimum Gasteiger partial charge on any atom is -0.493 e. The number of allylic oxidation sites excluding steroid dienone is 2. The van der Waals surface area contributed by atoms with Gasteiger partial charge in [0.25, 0.3) is 0 Å². The van der Waals surface area contributed by atoms with Gasteiger partial charge in [0.1, 0.15) is 12.4 Å². The lowest BCUT2D eigenvalue weighted by Crippen LogP contribution is -2.08. The third-order valence-electron chi connectivity index (χ3n) is 4.03. The highest BCUT2D eigenvalue weighted by atomic mass is 32.2. The topological polar surface area (TPSA) is 101 Å². The molecule has 0 saturated heterocycles. The van der Waals surface area contributed by atoms with Crippen molar-refractivity contribution in [2.75, 3.05) is 27.1 Å². The molecule has 0 bridgehead atoms. The van der Waals surface area contributed by atoms with Crippen LogP contribution in [0.3, 0.4) is 0 Å². The number of ether oxygens (including phenoxy) is 4. The van der Waals surface area contributed by atoms with Crippen LogP contribution in [-0.4, -0.2) is 44.0 Å². The number of esters is 1. The fourth-order valence-corrected chi connectivity index (χ4v) is 3.12. The quantitative estimate of drug-likeness (QED) is 0.279. The fourth-order valence-electron chi connectivity index (χ4n) is 2.55. The Morgan fingerprint density at radius 3 is 2.28 bits per heavy atom.